The van der Waals surface area contributed by atoms with Crippen LogP contribution in [0, 0.1) is 0 Å². The van der Waals surface area contributed by atoms with Crippen LogP contribution in [0.15, 0.2) is 58.0 Å². The summed E-state index contributed by atoms with van der Waals surface area (Å²) in [5, 5.41) is 3.11. The third kappa shape index (κ3) is 1.78. The van der Waals surface area contributed by atoms with Crippen LogP contribution in [0.25, 0.3) is 34.5 Å². The van der Waals surface area contributed by atoms with Gasteiger partial charge in [-0.05, 0) is 34.9 Å². The van der Waals surface area contributed by atoms with E-state index in [4.69, 9.17) is 4.42 Å². The molecule has 3 aromatic rings. The molecule has 1 aliphatic heterocycles. The van der Waals surface area contributed by atoms with Gasteiger partial charge in [-0.15, -0.1) is 0 Å². The molecule has 1 aromatic heterocycles. The first-order valence-corrected chi connectivity index (χ1v) is 6.35. The summed E-state index contributed by atoms with van der Waals surface area (Å²) < 4.78 is 5.79. The normalized spacial score (nSPS) is 12.6. The largest absolute Gasteiger partial charge is 0.436 e. The summed E-state index contributed by atoms with van der Waals surface area (Å²) in [5.41, 5.74) is 1.67. The lowest BCUT2D eigenvalue weighted by molar-refractivity contribution is 0.540. The maximum atomic E-state index is 5.79. The van der Waals surface area contributed by atoms with E-state index in [1.165, 1.54) is 10.8 Å². The Labute approximate surface area is 114 Å². The van der Waals surface area contributed by atoms with Gasteiger partial charge in [-0.25, -0.2) is 9.98 Å². The van der Waals surface area contributed by atoms with Gasteiger partial charge in [-0.3, -0.25) is 0 Å². The second-order valence-electron chi connectivity index (χ2n) is 4.55. The number of fused-ring (bicyclic) bond motifs is 2. The minimum Gasteiger partial charge on any atom is -0.436 e. The van der Waals surface area contributed by atoms with Crippen LogP contribution < -0.4 is 10.8 Å². The second kappa shape index (κ2) is 4.34. The fourth-order valence-corrected chi connectivity index (χ4v) is 2.26. The van der Waals surface area contributed by atoms with Gasteiger partial charge in [0.1, 0.15) is 5.35 Å². The molecule has 0 saturated carbocycles. The molecule has 0 N–H and O–H groups in total. The van der Waals surface area contributed by atoms with E-state index in [9.17, 15) is 0 Å². The number of hydrogen-bond donors (Lipinski definition) is 0. The van der Waals surface area contributed by atoms with Crippen molar-refractivity contribution >= 4 is 28.9 Å². The van der Waals surface area contributed by atoms with E-state index in [1.807, 2.05) is 24.3 Å². The lowest BCUT2D eigenvalue weighted by Gasteiger charge is -1.99. The first-order chi connectivity index (χ1) is 9.90. The predicted octanol–water partition coefficient (Wildman–Crippen LogP) is 2.25. The summed E-state index contributed by atoms with van der Waals surface area (Å²) in [7, 11) is 0. The van der Waals surface area contributed by atoms with Crippen molar-refractivity contribution in [3.05, 3.63) is 59.3 Å². The van der Waals surface area contributed by atoms with Gasteiger partial charge in [0.05, 0.1) is 6.20 Å². The molecule has 0 atom stereocenters. The van der Waals surface area contributed by atoms with Crippen molar-refractivity contribution in [3.8, 4) is 11.5 Å². The highest BCUT2D eigenvalue weighted by molar-refractivity contribution is 5.86. The van der Waals surface area contributed by atoms with Gasteiger partial charge in [0, 0.05) is 11.6 Å². The Morgan fingerprint density at radius 1 is 1.00 bits per heavy atom. The fourth-order valence-electron chi connectivity index (χ4n) is 2.26. The van der Waals surface area contributed by atoms with Gasteiger partial charge >= 0.3 is 0 Å². The summed E-state index contributed by atoms with van der Waals surface area (Å²) in [4.78, 5) is 8.47. The lowest BCUT2D eigenvalue weighted by atomic mass is 10.1. The number of benzene rings is 2. The van der Waals surface area contributed by atoms with E-state index in [2.05, 4.69) is 40.1 Å². The van der Waals surface area contributed by atoms with E-state index >= 15 is 0 Å². The van der Waals surface area contributed by atoms with Gasteiger partial charge in [0.15, 0.2) is 5.42 Å². The number of allylic oxidation sites excluding steroid dienone is 1. The van der Waals surface area contributed by atoms with Gasteiger partial charge in [-0.2, -0.15) is 0 Å². The Bertz CT molecular complexity index is 952. The highest BCUT2D eigenvalue weighted by atomic mass is 16.3. The molecule has 3 nitrogen and oxygen atoms in total. The van der Waals surface area contributed by atoms with Crippen molar-refractivity contribution in [1.29, 1.82) is 0 Å². The Kier molecular flexibility index (Phi) is 2.38. The van der Waals surface area contributed by atoms with E-state index in [1.54, 1.807) is 12.3 Å². The van der Waals surface area contributed by atoms with Gasteiger partial charge in [0.2, 0.25) is 5.89 Å². The SMILES string of the molecule is C1=CC=c2oc(-c3ccc4ccccc4c3)nc2=CN=1. The van der Waals surface area contributed by atoms with Crippen LogP contribution in [0.3, 0.4) is 0 Å². The van der Waals surface area contributed by atoms with E-state index in [0.29, 0.717) is 11.3 Å². The summed E-state index contributed by atoms with van der Waals surface area (Å²) >= 11 is 0. The molecular weight excluding hydrogens is 248 g/mol. The fraction of sp³-hybridized carbons (Fsp3) is 0. The van der Waals surface area contributed by atoms with Crippen molar-refractivity contribution in [1.82, 2.24) is 4.98 Å². The minimum atomic E-state index is 0.610. The van der Waals surface area contributed by atoms with Crippen molar-refractivity contribution < 1.29 is 4.42 Å². The molecule has 4 rings (SSSR count). The number of nitrogens with zero attached hydrogens (tertiary/aromatic N) is 2. The monoisotopic (exact) mass is 258 g/mol. The van der Waals surface area contributed by atoms with Crippen molar-refractivity contribution in [2.75, 3.05) is 0 Å². The first-order valence-electron chi connectivity index (χ1n) is 6.35. The number of hydrogen-bond acceptors (Lipinski definition) is 3. The van der Waals surface area contributed by atoms with Gasteiger partial charge in [0.25, 0.3) is 0 Å². The van der Waals surface area contributed by atoms with Crippen LogP contribution in [0.4, 0.5) is 0 Å². The zero-order valence-corrected chi connectivity index (χ0v) is 10.6. The van der Waals surface area contributed by atoms with Crippen LogP contribution in [0.5, 0.6) is 0 Å². The topological polar surface area (TPSA) is 38.4 Å². The molecule has 0 spiro atoms. The number of aliphatic imine (C=N–C) groups is 1. The standard InChI is InChI=1S/C17H10N2O/c1-2-5-13-10-14(8-7-12(13)4-1)17-19-15-11-18-9-3-6-16(15)20-17/h1-8,10-11H. The summed E-state index contributed by atoms with van der Waals surface area (Å²) in [6, 6.07) is 14.4. The molecule has 0 saturated heterocycles. The maximum absolute atomic E-state index is 5.79. The number of rotatable bonds is 1. The molecule has 1 aliphatic rings. The predicted molar refractivity (Wildman–Crippen MR) is 79.6 cm³/mol. The molecule has 0 fully saturated rings. The Balaban J connectivity index is 1.92. The Hall–Kier alpha value is -2.90. The molecule has 0 radical (unpaired) electrons. The summed E-state index contributed by atoms with van der Waals surface area (Å²) in [6.07, 6.45) is 5.20. The number of aromatic nitrogens is 1. The average Bonchev–Trinajstić information content (AvgIpc) is 2.78. The zero-order chi connectivity index (χ0) is 13.4. The second-order valence-corrected chi connectivity index (χ2v) is 4.55. The van der Waals surface area contributed by atoms with E-state index in [-0.39, 0.29) is 0 Å². The van der Waals surface area contributed by atoms with Gasteiger partial charge in [-0.1, -0.05) is 30.3 Å². The highest BCUT2D eigenvalue weighted by Gasteiger charge is 2.06. The zero-order valence-electron chi connectivity index (χ0n) is 10.6. The maximum Gasteiger partial charge on any atom is 0.227 e. The number of oxazole rings is 1. The van der Waals surface area contributed by atoms with Crippen molar-refractivity contribution in [2.24, 2.45) is 4.99 Å². The van der Waals surface area contributed by atoms with Crippen LogP contribution in [0.1, 0.15) is 0 Å². The molecule has 3 heteroatoms. The smallest absolute Gasteiger partial charge is 0.227 e. The van der Waals surface area contributed by atoms with Crippen LogP contribution in [-0.2, 0) is 0 Å². The Morgan fingerprint density at radius 3 is 2.85 bits per heavy atom. The highest BCUT2D eigenvalue weighted by Crippen LogP contribution is 2.21. The van der Waals surface area contributed by atoms with E-state index < -0.39 is 0 Å². The molecule has 2 aromatic carbocycles. The van der Waals surface area contributed by atoms with Crippen molar-refractivity contribution in [3.63, 3.8) is 0 Å². The first kappa shape index (κ1) is 11.0. The summed E-state index contributed by atoms with van der Waals surface area (Å²) in [6.45, 7) is 0. The molecule has 94 valence electrons. The van der Waals surface area contributed by atoms with Crippen LogP contribution >= 0.6 is 0 Å². The lowest BCUT2D eigenvalue weighted by Crippen LogP contribution is -2.20. The van der Waals surface area contributed by atoms with Gasteiger partial charge < -0.3 is 4.42 Å². The van der Waals surface area contributed by atoms with Crippen LogP contribution in [-0.4, -0.2) is 10.9 Å². The molecule has 0 bridgehead atoms. The molecular formula is C17H10N2O. The third-order valence-corrected chi connectivity index (χ3v) is 3.25. The third-order valence-electron chi connectivity index (χ3n) is 3.25. The van der Waals surface area contributed by atoms with Crippen molar-refractivity contribution in [2.45, 2.75) is 0 Å². The van der Waals surface area contributed by atoms with Crippen LogP contribution in [0.2, 0.25) is 0 Å². The summed E-state index contributed by atoms with van der Waals surface area (Å²) in [5.74, 6) is 3.36. The quantitative estimate of drug-likeness (QED) is 0.671. The average molecular weight is 258 g/mol. The molecule has 0 unspecified atom stereocenters. The molecule has 20 heavy (non-hydrogen) atoms. The molecule has 0 amide bonds. The Morgan fingerprint density at radius 2 is 1.90 bits per heavy atom. The van der Waals surface area contributed by atoms with E-state index in [0.717, 1.165) is 10.9 Å². The minimum absolute atomic E-state index is 0.610. The molecule has 2 heterocycles. The molecule has 0 aliphatic carbocycles.